The Morgan fingerprint density at radius 2 is 1.83 bits per heavy atom. The van der Waals surface area contributed by atoms with E-state index in [1.165, 1.54) is 55.3 Å². The highest BCUT2D eigenvalue weighted by Gasteiger charge is 2.18. The van der Waals surface area contributed by atoms with Crippen LogP contribution in [0.15, 0.2) is 18.2 Å². The molecule has 18 heavy (non-hydrogen) atoms. The van der Waals surface area contributed by atoms with Gasteiger partial charge in [0.1, 0.15) is 0 Å². The van der Waals surface area contributed by atoms with E-state index in [1.54, 1.807) is 0 Å². The van der Waals surface area contributed by atoms with Crippen molar-refractivity contribution >= 4 is 21.6 Å². The number of halogens is 1. The summed E-state index contributed by atoms with van der Waals surface area (Å²) in [6.07, 6.45) is 8.33. The van der Waals surface area contributed by atoms with Crippen LogP contribution in [0.4, 0.5) is 5.69 Å². The van der Waals surface area contributed by atoms with E-state index in [0.717, 1.165) is 11.4 Å². The van der Waals surface area contributed by atoms with E-state index in [2.05, 4.69) is 53.0 Å². The van der Waals surface area contributed by atoms with Crippen LogP contribution in [0.2, 0.25) is 0 Å². The molecule has 0 aromatic heterocycles. The minimum atomic E-state index is 0.730. The summed E-state index contributed by atoms with van der Waals surface area (Å²) in [5, 5.41) is 0.946. The molecular weight excluding hydrogens is 286 g/mol. The zero-order valence-electron chi connectivity index (χ0n) is 11.6. The van der Waals surface area contributed by atoms with Crippen molar-refractivity contribution in [3.63, 3.8) is 0 Å². The molecular formula is C16H24BrN. The smallest absolute Gasteiger partial charge is 0.0407 e. The van der Waals surface area contributed by atoms with Crippen molar-refractivity contribution in [3.8, 4) is 0 Å². The molecule has 0 spiro atoms. The molecule has 1 aliphatic carbocycles. The third-order valence-electron chi connectivity index (χ3n) is 4.13. The second-order valence-corrected chi connectivity index (χ2v) is 6.08. The molecule has 1 aliphatic rings. The lowest BCUT2D eigenvalue weighted by molar-refractivity contribution is 0.552. The van der Waals surface area contributed by atoms with E-state index in [0.29, 0.717) is 0 Å². The lowest BCUT2D eigenvalue weighted by Crippen LogP contribution is -2.31. The summed E-state index contributed by atoms with van der Waals surface area (Å²) >= 11 is 3.62. The van der Waals surface area contributed by atoms with E-state index in [1.807, 2.05) is 0 Å². The second kappa shape index (κ2) is 6.60. The lowest BCUT2D eigenvalue weighted by atomic mass is 10.0. The Balaban J connectivity index is 2.18. The molecule has 0 aliphatic heterocycles. The van der Waals surface area contributed by atoms with Crippen molar-refractivity contribution in [2.75, 3.05) is 11.9 Å². The first-order valence-corrected chi connectivity index (χ1v) is 8.23. The van der Waals surface area contributed by atoms with E-state index in [-0.39, 0.29) is 0 Å². The first-order valence-electron chi connectivity index (χ1n) is 7.10. The molecule has 0 atom stereocenters. The van der Waals surface area contributed by atoms with Gasteiger partial charge in [-0.3, -0.25) is 0 Å². The third kappa shape index (κ3) is 3.28. The van der Waals surface area contributed by atoms with Crippen LogP contribution in [0.5, 0.6) is 0 Å². The van der Waals surface area contributed by atoms with Gasteiger partial charge in [-0.15, -0.1) is 0 Å². The van der Waals surface area contributed by atoms with E-state index >= 15 is 0 Å². The molecule has 0 saturated heterocycles. The number of rotatable bonds is 3. The minimum Gasteiger partial charge on any atom is -0.371 e. The largest absolute Gasteiger partial charge is 0.371 e. The lowest BCUT2D eigenvalue weighted by Gasteiger charge is -2.31. The van der Waals surface area contributed by atoms with Crippen LogP contribution in [0, 0.1) is 6.92 Å². The monoisotopic (exact) mass is 309 g/mol. The van der Waals surface area contributed by atoms with Crippen LogP contribution in [-0.4, -0.2) is 13.1 Å². The topological polar surface area (TPSA) is 3.24 Å². The molecule has 2 heteroatoms. The molecule has 0 heterocycles. The maximum atomic E-state index is 3.62. The number of hydrogen-bond acceptors (Lipinski definition) is 1. The SMILES string of the molecule is Cc1ccc(N(C)C2CCCCCC2)c(CBr)c1. The van der Waals surface area contributed by atoms with Gasteiger partial charge in [0.15, 0.2) is 0 Å². The highest BCUT2D eigenvalue weighted by molar-refractivity contribution is 9.08. The summed E-state index contributed by atoms with van der Waals surface area (Å²) in [4.78, 5) is 2.52. The van der Waals surface area contributed by atoms with Crippen molar-refractivity contribution in [1.82, 2.24) is 0 Å². The molecule has 1 nitrogen and oxygen atoms in total. The quantitative estimate of drug-likeness (QED) is 0.558. The number of hydrogen-bond donors (Lipinski definition) is 0. The fraction of sp³-hybridized carbons (Fsp3) is 0.625. The maximum Gasteiger partial charge on any atom is 0.0407 e. The van der Waals surface area contributed by atoms with E-state index in [9.17, 15) is 0 Å². The number of alkyl halides is 1. The summed E-state index contributed by atoms with van der Waals surface area (Å²) in [7, 11) is 2.27. The maximum absolute atomic E-state index is 3.62. The van der Waals surface area contributed by atoms with Crippen molar-refractivity contribution in [1.29, 1.82) is 0 Å². The van der Waals surface area contributed by atoms with E-state index < -0.39 is 0 Å². The van der Waals surface area contributed by atoms with Gasteiger partial charge in [0, 0.05) is 24.1 Å². The zero-order chi connectivity index (χ0) is 13.0. The van der Waals surface area contributed by atoms with Crippen LogP contribution in [0.25, 0.3) is 0 Å². The molecule has 100 valence electrons. The molecule has 0 unspecified atom stereocenters. The molecule has 1 fully saturated rings. The Labute approximate surface area is 120 Å². The Morgan fingerprint density at radius 1 is 1.17 bits per heavy atom. The Morgan fingerprint density at radius 3 is 2.44 bits per heavy atom. The number of anilines is 1. The average molecular weight is 310 g/mol. The molecule has 1 aromatic carbocycles. The van der Waals surface area contributed by atoms with Crippen LogP contribution in [0.3, 0.4) is 0 Å². The van der Waals surface area contributed by atoms with Crippen molar-refractivity contribution in [2.45, 2.75) is 56.8 Å². The molecule has 2 rings (SSSR count). The van der Waals surface area contributed by atoms with Gasteiger partial charge in [-0.2, -0.15) is 0 Å². The van der Waals surface area contributed by atoms with Crippen molar-refractivity contribution < 1.29 is 0 Å². The third-order valence-corrected chi connectivity index (χ3v) is 4.74. The Hall–Kier alpha value is -0.500. The van der Waals surface area contributed by atoms with Gasteiger partial charge in [0.25, 0.3) is 0 Å². The molecule has 1 aromatic rings. The molecule has 0 N–H and O–H groups in total. The van der Waals surface area contributed by atoms with Gasteiger partial charge in [-0.1, -0.05) is 59.3 Å². The predicted molar refractivity (Wildman–Crippen MR) is 83.7 cm³/mol. The highest BCUT2D eigenvalue weighted by Crippen LogP contribution is 2.29. The fourth-order valence-electron chi connectivity index (χ4n) is 3.01. The standard InChI is InChI=1S/C16H24BrN/c1-13-9-10-16(14(11-13)12-17)18(2)15-7-5-3-4-6-8-15/h9-11,15H,3-8,12H2,1-2H3. The van der Waals surface area contributed by atoms with Gasteiger partial charge in [-0.05, 0) is 31.4 Å². The average Bonchev–Trinajstić information content (AvgIpc) is 2.66. The van der Waals surface area contributed by atoms with Gasteiger partial charge >= 0.3 is 0 Å². The van der Waals surface area contributed by atoms with Crippen LogP contribution < -0.4 is 4.90 Å². The van der Waals surface area contributed by atoms with Crippen molar-refractivity contribution in [3.05, 3.63) is 29.3 Å². The molecule has 0 bridgehead atoms. The Bertz CT molecular complexity index is 381. The van der Waals surface area contributed by atoms with Gasteiger partial charge in [0.05, 0.1) is 0 Å². The predicted octanol–water partition coefficient (Wildman–Crippen LogP) is 5.05. The van der Waals surface area contributed by atoms with Gasteiger partial charge < -0.3 is 4.90 Å². The number of benzene rings is 1. The number of aryl methyl sites for hydroxylation is 1. The normalized spacial score (nSPS) is 17.5. The van der Waals surface area contributed by atoms with Crippen LogP contribution in [0.1, 0.15) is 49.7 Å². The highest BCUT2D eigenvalue weighted by atomic mass is 79.9. The molecule has 0 radical (unpaired) electrons. The summed E-state index contributed by atoms with van der Waals surface area (Å²) in [6.45, 7) is 2.17. The first-order chi connectivity index (χ1) is 8.72. The zero-order valence-corrected chi connectivity index (χ0v) is 13.2. The summed E-state index contributed by atoms with van der Waals surface area (Å²) in [5.74, 6) is 0. The summed E-state index contributed by atoms with van der Waals surface area (Å²) < 4.78 is 0. The summed E-state index contributed by atoms with van der Waals surface area (Å²) in [6, 6.07) is 7.55. The number of nitrogens with zero attached hydrogens (tertiary/aromatic N) is 1. The van der Waals surface area contributed by atoms with Crippen molar-refractivity contribution in [2.24, 2.45) is 0 Å². The minimum absolute atomic E-state index is 0.730. The first kappa shape index (κ1) is 13.9. The molecule has 0 amide bonds. The van der Waals surface area contributed by atoms with Crippen LogP contribution >= 0.6 is 15.9 Å². The van der Waals surface area contributed by atoms with E-state index in [4.69, 9.17) is 0 Å². The van der Waals surface area contributed by atoms with Gasteiger partial charge in [-0.25, -0.2) is 0 Å². The fourth-order valence-corrected chi connectivity index (χ4v) is 3.46. The second-order valence-electron chi connectivity index (χ2n) is 5.52. The molecule has 1 saturated carbocycles. The van der Waals surface area contributed by atoms with Gasteiger partial charge in [0.2, 0.25) is 0 Å². The summed E-state index contributed by atoms with van der Waals surface area (Å²) in [5.41, 5.74) is 4.17. The Kier molecular flexibility index (Phi) is 5.11. The van der Waals surface area contributed by atoms with Crippen LogP contribution in [-0.2, 0) is 5.33 Å².